The maximum absolute atomic E-state index is 14.0. The van der Waals surface area contributed by atoms with Gasteiger partial charge in [0.2, 0.25) is 0 Å². The zero-order chi connectivity index (χ0) is 14.0. The van der Waals surface area contributed by atoms with Gasteiger partial charge in [-0.1, -0.05) is 6.07 Å². The molecule has 104 valence electrons. The topological polar surface area (TPSA) is 21.3 Å². The second-order valence-corrected chi connectivity index (χ2v) is 6.79. The van der Waals surface area contributed by atoms with Crippen molar-refractivity contribution in [3.63, 3.8) is 0 Å². The second kappa shape index (κ2) is 5.57. The van der Waals surface area contributed by atoms with Crippen molar-refractivity contribution in [1.82, 2.24) is 5.32 Å². The highest BCUT2D eigenvalue weighted by Gasteiger charge is 2.17. The van der Waals surface area contributed by atoms with Crippen LogP contribution in [0.3, 0.4) is 0 Å². The number of thiophene rings is 1. The first-order chi connectivity index (χ1) is 8.92. The third-order valence-electron chi connectivity index (χ3n) is 2.91. The van der Waals surface area contributed by atoms with Gasteiger partial charge >= 0.3 is 0 Å². The van der Waals surface area contributed by atoms with Crippen molar-refractivity contribution < 1.29 is 9.13 Å². The first-order valence-electron chi connectivity index (χ1n) is 6.35. The van der Waals surface area contributed by atoms with E-state index >= 15 is 0 Å². The highest BCUT2D eigenvalue weighted by atomic mass is 32.1. The summed E-state index contributed by atoms with van der Waals surface area (Å²) in [6, 6.07) is 5.23. The Labute approximate surface area is 117 Å². The van der Waals surface area contributed by atoms with E-state index in [4.69, 9.17) is 4.74 Å². The number of hydrogen-bond acceptors (Lipinski definition) is 3. The van der Waals surface area contributed by atoms with Crippen LogP contribution in [0.4, 0.5) is 4.39 Å². The maximum Gasteiger partial charge on any atom is 0.132 e. The predicted molar refractivity (Wildman–Crippen MR) is 79.1 cm³/mol. The first kappa shape index (κ1) is 14.4. The molecule has 0 radical (unpaired) electrons. The number of nitrogens with one attached hydrogen (secondary N) is 1. The Morgan fingerprint density at radius 1 is 1.32 bits per heavy atom. The number of hydrogen-bond donors (Lipinski definition) is 1. The lowest BCUT2D eigenvalue weighted by Gasteiger charge is -2.20. The zero-order valence-corrected chi connectivity index (χ0v) is 12.7. The van der Waals surface area contributed by atoms with E-state index in [0.717, 1.165) is 21.7 Å². The van der Waals surface area contributed by atoms with E-state index in [2.05, 4.69) is 26.1 Å². The Morgan fingerprint density at radius 3 is 2.68 bits per heavy atom. The molecule has 1 aromatic heterocycles. The molecule has 0 amide bonds. The van der Waals surface area contributed by atoms with Crippen molar-refractivity contribution in [3.05, 3.63) is 34.5 Å². The van der Waals surface area contributed by atoms with Crippen molar-refractivity contribution in [1.29, 1.82) is 0 Å². The highest BCUT2D eigenvalue weighted by molar-refractivity contribution is 7.19. The summed E-state index contributed by atoms with van der Waals surface area (Å²) in [6.07, 6.45) is 0. The fraction of sp³-hybridized carbons (Fsp3) is 0.467. The summed E-state index contributed by atoms with van der Waals surface area (Å²) in [4.78, 5) is 1.15. The van der Waals surface area contributed by atoms with Gasteiger partial charge < -0.3 is 10.1 Å². The molecule has 0 aliphatic heterocycles. The van der Waals surface area contributed by atoms with Gasteiger partial charge in [0, 0.05) is 39.7 Å². The molecule has 2 rings (SSSR count). The predicted octanol–water partition coefficient (Wildman–Crippen LogP) is 4.07. The van der Waals surface area contributed by atoms with Gasteiger partial charge in [-0.15, -0.1) is 11.3 Å². The van der Waals surface area contributed by atoms with Crippen LogP contribution in [0.2, 0.25) is 0 Å². The van der Waals surface area contributed by atoms with E-state index in [-0.39, 0.29) is 11.4 Å². The van der Waals surface area contributed by atoms with Gasteiger partial charge in [0.15, 0.2) is 0 Å². The van der Waals surface area contributed by atoms with Gasteiger partial charge in [-0.2, -0.15) is 0 Å². The molecule has 1 aromatic carbocycles. The summed E-state index contributed by atoms with van der Waals surface area (Å²) in [5.74, 6) is -0.164. The zero-order valence-electron chi connectivity index (χ0n) is 11.8. The molecule has 0 bridgehead atoms. The number of fused-ring (bicyclic) bond motifs is 1. The van der Waals surface area contributed by atoms with Crippen LogP contribution in [-0.4, -0.2) is 12.6 Å². The number of rotatable bonds is 4. The Balaban J connectivity index is 2.42. The van der Waals surface area contributed by atoms with Crippen LogP contribution in [0.25, 0.3) is 10.1 Å². The minimum absolute atomic E-state index is 0.0407. The van der Waals surface area contributed by atoms with Crippen LogP contribution >= 0.6 is 11.3 Å². The number of ether oxygens (including phenoxy) is 1. The standard InChI is InChI=1S/C15H20FNOS/c1-15(2,3)17-8-13-10(9-18-4)14-11(16)6-5-7-12(14)19-13/h5-7,17H,8-9H2,1-4H3. The number of methoxy groups -OCH3 is 1. The van der Waals surface area contributed by atoms with Gasteiger partial charge in [-0.25, -0.2) is 4.39 Å². The van der Waals surface area contributed by atoms with E-state index in [1.54, 1.807) is 24.5 Å². The van der Waals surface area contributed by atoms with Gasteiger partial charge in [0.25, 0.3) is 0 Å². The van der Waals surface area contributed by atoms with Gasteiger partial charge in [-0.3, -0.25) is 0 Å². The van der Waals surface area contributed by atoms with Crippen molar-refractivity contribution in [2.45, 2.75) is 39.5 Å². The summed E-state index contributed by atoms with van der Waals surface area (Å²) in [5.41, 5.74) is 1.01. The molecule has 0 saturated heterocycles. The van der Waals surface area contributed by atoms with Crippen LogP contribution in [0.1, 0.15) is 31.2 Å². The molecule has 0 atom stereocenters. The van der Waals surface area contributed by atoms with E-state index in [9.17, 15) is 4.39 Å². The molecular formula is C15H20FNOS. The monoisotopic (exact) mass is 281 g/mol. The van der Waals surface area contributed by atoms with Gasteiger partial charge in [0.1, 0.15) is 5.82 Å². The average molecular weight is 281 g/mol. The van der Waals surface area contributed by atoms with E-state index in [1.807, 2.05) is 6.07 Å². The third-order valence-corrected chi connectivity index (χ3v) is 4.11. The number of benzene rings is 1. The van der Waals surface area contributed by atoms with Crippen molar-refractivity contribution in [3.8, 4) is 0 Å². The summed E-state index contributed by atoms with van der Waals surface area (Å²) in [5, 5.41) is 4.16. The molecule has 2 nitrogen and oxygen atoms in total. The molecule has 0 saturated carbocycles. The first-order valence-corrected chi connectivity index (χ1v) is 7.17. The Hall–Kier alpha value is -0.970. The lowest BCUT2D eigenvalue weighted by atomic mass is 10.1. The molecular weight excluding hydrogens is 261 g/mol. The fourth-order valence-electron chi connectivity index (χ4n) is 2.00. The molecule has 1 N–H and O–H groups in total. The summed E-state index contributed by atoms with van der Waals surface area (Å²) < 4.78 is 20.2. The molecule has 0 unspecified atom stereocenters. The van der Waals surface area contributed by atoms with Crippen LogP contribution in [0.5, 0.6) is 0 Å². The highest BCUT2D eigenvalue weighted by Crippen LogP contribution is 2.33. The third kappa shape index (κ3) is 3.32. The van der Waals surface area contributed by atoms with E-state index < -0.39 is 0 Å². The lowest BCUT2D eigenvalue weighted by Crippen LogP contribution is -2.35. The number of halogens is 1. The van der Waals surface area contributed by atoms with Crippen molar-refractivity contribution >= 4 is 21.4 Å². The minimum atomic E-state index is -0.164. The molecule has 2 aromatic rings. The van der Waals surface area contributed by atoms with E-state index in [1.165, 1.54) is 6.07 Å². The van der Waals surface area contributed by atoms with Crippen molar-refractivity contribution in [2.75, 3.05) is 7.11 Å². The van der Waals surface area contributed by atoms with Crippen LogP contribution in [0.15, 0.2) is 18.2 Å². The average Bonchev–Trinajstić information content (AvgIpc) is 2.66. The maximum atomic E-state index is 14.0. The SMILES string of the molecule is COCc1c(CNC(C)(C)C)sc2cccc(F)c12. The van der Waals surface area contributed by atoms with Gasteiger partial charge in [0.05, 0.1) is 6.61 Å². The molecule has 0 aliphatic rings. The quantitative estimate of drug-likeness (QED) is 0.912. The summed E-state index contributed by atoms with van der Waals surface area (Å²) in [7, 11) is 1.64. The molecule has 19 heavy (non-hydrogen) atoms. The Morgan fingerprint density at radius 2 is 2.05 bits per heavy atom. The largest absolute Gasteiger partial charge is 0.380 e. The molecule has 0 spiro atoms. The second-order valence-electron chi connectivity index (χ2n) is 5.65. The smallest absolute Gasteiger partial charge is 0.132 e. The normalized spacial score (nSPS) is 12.3. The summed E-state index contributed by atoms with van der Waals surface area (Å²) in [6.45, 7) is 7.55. The van der Waals surface area contributed by atoms with E-state index in [0.29, 0.717) is 12.0 Å². The lowest BCUT2D eigenvalue weighted by molar-refractivity contribution is 0.185. The van der Waals surface area contributed by atoms with Crippen LogP contribution in [-0.2, 0) is 17.9 Å². The molecule has 0 aliphatic carbocycles. The molecule has 1 heterocycles. The summed E-state index contributed by atoms with van der Waals surface area (Å²) >= 11 is 1.64. The molecule has 4 heteroatoms. The molecule has 0 fully saturated rings. The Bertz CT molecular complexity index is 571. The van der Waals surface area contributed by atoms with Crippen LogP contribution in [0, 0.1) is 5.82 Å². The van der Waals surface area contributed by atoms with Crippen molar-refractivity contribution in [2.24, 2.45) is 0 Å². The van der Waals surface area contributed by atoms with Crippen LogP contribution < -0.4 is 5.32 Å². The van der Waals surface area contributed by atoms with Gasteiger partial charge in [-0.05, 0) is 32.9 Å². The Kier molecular flexibility index (Phi) is 4.23. The minimum Gasteiger partial charge on any atom is -0.380 e. The fourth-order valence-corrected chi connectivity index (χ4v) is 3.16.